The summed E-state index contributed by atoms with van der Waals surface area (Å²) in [6.07, 6.45) is 2.40. The molecule has 0 aliphatic carbocycles. The Morgan fingerprint density at radius 2 is 1.20 bits per heavy atom. The minimum absolute atomic E-state index is 0.0245. The summed E-state index contributed by atoms with van der Waals surface area (Å²) >= 11 is 0. The average molecular weight is 787 g/mol. The number of rotatable bonds is 23. The van der Waals surface area contributed by atoms with Crippen molar-refractivity contribution in [2.24, 2.45) is 23.5 Å². The van der Waals surface area contributed by atoms with Crippen LogP contribution in [0.1, 0.15) is 73.8 Å². The molecule has 18 nitrogen and oxygen atoms in total. The van der Waals surface area contributed by atoms with Crippen LogP contribution >= 0.6 is 0 Å². The van der Waals surface area contributed by atoms with Crippen LogP contribution in [0.15, 0.2) is 42.5 Å². The van der Waals surface area contributed by atoms with Crippen molar-refractivity contribution in [1.29, 1.82) is 0 Å². The Kier molecular flexibility index (Phi) is 20.5. The number of nitrogens with one attached hydrogen (secondary N) is 7. The zero-order chi connectivity index (χ0) is 42.7. The summed E-state index contributed by atoms with van der Waals surface area (Å²) in [5.41, 5.74) is 6.14. The van der Waals surface area contributed by atoms with Crippen LogP contribution in [-0.4, -0.2) is 101 Å². The highest BCUT2D eigenvalue weighted by Gasteiger charge is 2.33. The molecule has 0 aliphatic rings. The smallest absolute Gasteiger partial charge is 0.326 e. The summed E-state index contributed by atoms with van der Waals surface area (Å²) in [5.74, 6) is -7.85. The maximum absolute atomic E-state index is 13.5. The molecular formula is C38H58N8O10. The van der Waals surface area contributed by atoms with Gasteiger partial charge < -0.3 is 48.1 Å². The van der Waals surface area contributed by atoms with E-state index in [-0.39, 0.29) is 24.7 Å². The van der Waals surface area contributed by atoms with Crippen LogP contribution in [0.2, 0.25) is 0 Å². The van der Waals surface area contributed by atoms with Gasteiger partial charge in [0.2, 0.25) is 47.3 Å². The van der Waals surface area contributed by atoms with Gasteiger partial charge in [0.25, 0.3) is 0 Å². The number of hydrogen-bond acceptors (Lipinski definition) is 9. The number of hydrogen-bond donors (Lipinski definition) is 9. The molecule has 310 valence electrons. The van der Waals surface area contributed by atoms with Gasteiger partial charge in [0.05, 0.1) is 6.54 Å². The summed E-state index contributed by atoms with van der Waals surface area (Å²) in [6.45, 7) is 12.8. The third kappa shape index (κ3) is 17.6. The second-order valence-corrected chi connectivity index (χ2v) is 14.4. The Hall–Kier alpha value is -5.81. The van der Waals surface area contributed by atoms with Crippen molar-refractivity contribution in [3.63, 3.8) is 0 Å². The average Bonchev–Trinajstić information content (AvgIpc) is 3.12. The fraction of sp³-hybridized carbons (Fsp3) is 0.553. The number of aliphatic carboxylic acids is 1. The normalized spacial score (nSPS) is 14.9. The van der Waals surface area contributed by atoms with E-state index in [4.69, 9.17) is 5.73 Å². The molecule has 0 radical (unpaired) electrons. The lowest BCUT2D eigenvalue weighted by atomic mass is 9.96. The van der Waals surface area contributed by atoms with Crippen molar-refractivity contribution in [3.05, 3.63) is 48.0 Å². The van der Waals surface area contributed by atoms with Gasteiger partial charge in [-0.15, -0.1) is 0 Å². The molecule has 0 bridgehead atoms. The molecule has 0 heterocycles. The van der Waals surface area contributed by atoms with Crippen LogP contribution in [0.5, 0.6) is 0 Å². The first kappa shape index (κ1) is 48.2. The first-order valence-electron chi connectivity index (χ1n) is 18.5. The van der Waals surface area contributed by atoms with E-state index in [0.717, 1.165) is 12.2 Å². The number of carbonyl (C=O) groups excluding carboxylic acids is 8. The lowest BCUT2D eigenvalue weighted by Gasteiger charge is -2.29. The number of benzene rings is 1. The quantitative estimate of drug-likeness (QED) is 0.0621. The molecule has 0 saturated heterocycles. The molecule has 18 heteroatoms. The molecule has 1 aromatic carbocycles. The van der Waals surface area contributed by atoms with E-state index < -0.39 is 102 Å². The lowest BCUT2D eigenvalue weighted by molar-refractivity contribution is -0.141. The molecule has 0 saturated carbocycles. The van der Waals surface area contributed by atoms with Gasteiger partial charge in [0.1, 0.15) is 36.3 Å². The zero-order valence-electron chi connectivity index (χ0n) is 33.3. The van der Waals surface area contributed by atoms with E-state index in [0.29, 0.717) is 12.0 Å². The van der Waals surface area contributed by atoms with E-state index in [9.17, 15) is 48.3 Å². The Balaban J connectivity index is 2.75. The number of carboxylic acid groups (broad SMARTS) is 1. The summed E-state index contributed by atoms with van der Waals surface area (Å²) in [4.78, 5) is 113. The zero-order valence-corrected chi connectivity index (χ0v) is 33.3. The van der Waals surface area contributed by atoms with E-state index in [1.807, 2.05) is 20.8 Å². The van der Waals surface area contributed by atoms with Crippen molar-refractivity contribution in [2.75, 3.05) is 6.54 Å². The Bertz CT molecular complexity index is 1580. The molecule has 1 rings (SSSR count). The number of carbonyl (C=O) groups is 9. The predicted octanol–water partition coefficient (Wildman–Crippen LogP) is -0.832. The molecule has 10 N–H and O–H groups in total. The van der Waals surface area contributed by atoms with Crippen molar-refractivity contribution in [1.82, 2.24) is 37.2 Å². The Morgan fingerprint density at radius 3 is 1.68 bits per heavy atom. The van der Waals surface area contributed by atoms with E-state index in [2.05, 4.69) is 37.2 Å². The fourth-order valence-electron chi connectivity index (χ4n) is 5.19. The monoisotopic (exact) mass is 786 g/mol. The molecule has 0 fully saturated rings. The van der Waals surface area contributed by atoms with Gasteiger partial charge in [-0.25, -0.2) is 4.79 Å². The molecule has 7 atom stereocenters. The number of amides is 8. The number of nitrogens with two attached hydrogens (primary N) is 1. The molecule has 0 aromatic heterocycles. The van der Waals surface area contributed by atoms with Gasteiger partial charge in [0, 0.05) is 18.6 Å². The highest BCUT2D eigenvalue weighted by atomic mass is 16.4. The maximum Gasteiger partial charge on any atom is 0.326 e. The van der Waals surface area contributed by atoms with Gasteiger partial charge in [-0.3, -0.25) is 38.4 Å². The third-order valence-corrected chi connectivity index (χ3v) is 8.63. The van der Waals surface area contributed by atoms with Crippen molar-refractivity contribution >= 4 is 53.2 Å². The third-order valence-electron chi connectivity index (χ3n) is 8.63. The SMILES string of the molecule is CC[C@H](C)[C@H](NC(=O)[C@H](C)NC(=O)/C=C/C(=O)N[C@@H](C)C(=O)NCC(=O)N[C@@H](Cc1ccccc1)C(=O)O)C(=O)N[C@@H](CC(C)C)C(=O)N[C@H](C(N)=O)C(C)C. The lowest BCUT2D eigenvalue weighted by Crippen LogP contribution is -2.59. The molecule has 56 heavy (non-hydrogen) atoms. The van der Waals surface area contributed by atoms with Crippen molar-refractivity contribution in [2.45, 2.75) is 111 Å². The van der Waals surface area contributed by atoms with Gasteiger partial charge in [0.15, 0.2) is 0 Å². The summed E-state index contributed by atoms with van der Waals surface area (Å²) in [5, 5.41) is 26.7. The second-order valence-electron chi connectivity index (χ2n) is 14.4. The molecular weight excluding hydrogens is 728 g/mol. The molecule has 0 spiro atoms. The van der Waals surface area contributed by atoms with Gasteiger partial charge in [-0.2, -0.15) is 0 Å². The first-order chi connectivity index (χ1) is 26.2. The maximum atomic E-state index is 13.5. The highest BCUT2D eigenvalue weighted by molar-refractivity contribution is 6.00. The predicted molar refractivity (Wildman–Crippen MR) is 206 cm³/mol. The van der Waals surface area contributed by atoms with Crippen molar-refractivity contribution in [3.8, 4) is 0 Å². The standard InChI is InChI=1S/C38H58N8O10/c1-9-22(6)32(37(54)44-26(17-20(2)3)36(53)45-31(21(4)5)33(39)50)46-35(52)24(8)42-29(48)16-15-28(47)41-23(7)34(51)40-19-30(49)43-27(38(55)56)18-25-13-11-10-12-14-25/h10-16,20-24,26-27,31-32H,9,17-19H2,1-8H3,(H2,39,50)(H,40,51)(H,41,47)(H,42,48)(H,43,49)(H,44,54)(H,45,53)(H,46,52)(H,55,56)/b16-15+/t22-,23-,24-,26-,27-,31-,32-/m0/s1. The van der Waals surface area contributed by atoms with Crippen LogP contribution in [0.4, 0.5) is 0 Å². The highest BCUT2D eigenvalue weighted by Crippen LogP contribution is 2.12. The minimum Gasteiger partial charge on any atom is -0.480 e. The van der Waals surface area contributed by atoms with Crippen LogP contribution in [0, 0.1) is 17.8 Å². The summed E-state index contributed by atoms with van der Waals surface area (Å²) in [7, 11) is 0. The summed E-state index contributed by atoms with van der Waals surface area (Å²) in [6, 6.07) is 2.02. The van der Waals surface area contributed by atoms with E-state index in [1.54, 1.807) is 51.1 Å². The van der Waals surface area contributed by atoms with Crippen LogP contribution in [-0.2, 0) is 49.6 Å². The molecule has 0 unspecified atom stereocenters. The van der Waals surface area contributed by atoms with Crippen LogP contribution < -0.4 is 43.0 Å². The van der Waals surface area contributed by atoms with Crippen LogP contribution in [0.3, 0.4) is 0 Å². The first-order valence-corrected chi connectivity index (χ1v) is 18.5. The second kappa shape index (κ2) is 23.9. The van der Waals surface area contributed by atoms with E-state index in [1.165, 1.54) is 13.8 Å². The summed E-state index contributed by atoms with van der Waals surface area (Å²) < 4.78 is 0. The largest absolute Gasteiger partial charge is 0.480 e. The topological polar surface area (TPSA) is 284 Å². The molecule has 0 aliphatic heterocycles. The number of carboxylic acids is 1. The molecule has 8 amide bonds. The van der Waals surface area contributed by atoms with Gasteiger partial charge in [-0.05, 0) is 43.6 Å². The van der Waals surface area contributed by atoms with Gasteiger partial charge in [-0.1, -0.05) is 78.3 Å². The fourth-order valence-corrected chi connectivity index (χ4v) is 5.19. The molecule has 1 aromatic rings. The van der Waals surface area contributed by atoms with E-state index >= 15 is 0 Å². The minimum atomic E-state index is -1.25. The van der Waals surface area contributed by atoms with Gasteiger partial charge >= 0.3 is 5.97 Å². The van der Waals surface area contributed by atoms with Crippen LogP contribution in [0.25, 0.3) is 0 Å². The number of primary amides is 1. The van der Waals surface area contributed by atoms with Crippen molar-refractivity contribution < 1.29 is 48.3 Å². The Morgan fingerprint density at radius 1 is 0.661 bits per heavy atom. The Labute approximate surface area is 327 Å².